The number of aryl methyl sites for hydroxylation is 1. The molecule has 2 nitrogen and oxygen atoms in total. The Bertz CT molecular complexity index is 443. The average molecular weight is 261 g/mol. The number of hydrogen-bond acceptors (Lipinski definition) is 2. The first-order chi connectivity index (χ1) is 8.90. The van der Waals surface area contributed by atoms with Crippen LogP contribution in [0.15, 0.2) is 18.2 Å². The first-order valence-corrected chi connectivity index (χ1v) is 7.45. The summed E-state index contributed by atoms with van der Waals surface area (Å²) in [4.78, 5) is 2.54. The van der Waals surface area contributed by atoms with Crippen LogP contribution in [0.4, 0.5) is 0 Å². The molecule has 0 radical (unpaired) electrons. The van der Waals surface area contributed by atoms with Gasteiger partial charge in [0, 0.05) is 24.2 Å². The van der Waals surface area contributed by atoms with E-state index in [-0.39, 0.29) is 6.04 Å². The van der Waals surface area contributed by atoms with Gasteiger partial charge in [0.1, 0.15) is 5.75 Å². The number of rotatable bonds is 2. The maximum atomic E-state index is 10.2. The Morgan fingerprint density at radius 3 is 2.58 bits per heavy atom. The second-order valence-electron chi connectivity index (χ2n) is 6.49. The normalized spacial score (nSPS) is 30.3. The summed E-state index contributed by atoms with van der Waals surface area (Å²) < 4.78 is 0. The van der Waals surface area contributed by atoms with E-state index in [2.05, 4.69) is 44.7 Å². The van der Waals surface area contributed by atoms with Gasteiger partial charge in [-0.1, -0.05) is 26.0 Å². The summed E-state index contributed by atoms with van der Waals surface area (Å²) >= 11 is 0. The minimum atomic E-state index is 0.279. The zero-order valence-electron chi connectivity index (χ0n) is 12.9. The highest BCUT2D eigenvalue weighted by atomic mass is 16.3. The SMILES string of the molecule is Cc1ccc(C(C)N2CC(C)CC(C)C2C)c(O)c1. The predicted molar refractivity (Wildman–Crippen MR) is 80.4 cm³/mol. The zero-order valence-corrected chi connectivity index (χ0v) is 12.9. The molecule has 0 aliphatic carbocycles. The highest BCUT2D eigenvalue weighted by Gasteiger charge is 2.32. The maximum Gasteiger partial charge on any atom is 0.120 e. The molecule has 19 heavy (non-hydrogen) atoms. The van der Waals surface area contributed by atoms with E-state index in [1.165, 1.54) is 6.42 Å². The summed E-state index contributed by atoms with van der Waals surface area (Å²) in [5.74, 6) is 1.89. The first kappa shape index (κ1) is 14.4. The fraction of sp³-hybridized carbons (Fsp3) is 0.647. The lowest BCUT2D eigenvalue weighted by Crippen LogP contribution is -2.46. The van der Waals surface area contributed by atoms with Crippen LogP contribution in [0.2, 0.25) is 0 Å². The van der Waals surface area contributed by atoms with Gasteiger partial charge in [-0.2, -0.15) is 0 Å². The summed E-state index contributed by atoms with van der Waals surface area (Å²) in [5, 5.41) is 10.2. The number of piperidine rings is 1. The number of nitrogens with zero attached hydrogens (tertiary/aromatic N) is 1. The Labute approximate surface area is 117 Å². The Balaban J connectivity index is 2.24. The van der Waals surface area contributed by atoms with Crippen LogP contribution in [0, 0.1) is 18.8 Å². The number of phenols is 1. The maximum absolute atomic E-state index is 10.2. The lowest BCUT2D eigenvalue weighted by atomic mass is 9.84. The minimum Gasteiger partial charge on any atom is -0.508 e. The second-order valence-corrected chi connectivity index (χ2v) is 6.49. The molecule has 1 N–H and O–H groups in total. The molecule has 1 aliphatic rings. The van der Waals surface area contributed by atoms with Crippen LogP contribution in [0.25, 0.3) is 0 Å². The molecule has 0 amide bonds. The van der Waals surface area contributed by atoms with Crippen molar-refractivity contribution in [2.75, 3.05) is 6.54 Å². The van der Waals surface area contributed by atoms with Gasteiger partial charge in [-0.05, 0) is 50.7 Å². The molecular weight excluding hydrogens is 234 g/mol. The van der Waals surface area contributed by atoms with Crippen LogP contribution in [-0.4, -0.2) is 22.6 Å². The van der Waals surface area contributed by atoms with Gasteiger partial charge >= 0.3 is 0 Å². The quantitative estimate of drug-likeness (QED) is 0.865. The molecule has 1 heterocycles. The zero-order chi connectivity index (χ0) is 14.2. The Morgan fingerprint density at radius 1 is 1.26 bits per heavy atom. The van der Waals surface area contributed by atoms with Crippen LogP contribution in [0.3, 0.4) is 0 Å². The van der Waals surface area contributed by atoms with Crippen molar-refractivity contribution in [3.8, 4) is 5.75 Å². The van der Waals surface area contributed by atoms with Crippen molar-refractivity contribution in [1.29, 1.82) is 0 Å². The van der Waals surface area contributed by atoms with E-state index < -0.39 is 0 Å². The standard InChI is InChI=1S/C17H27NO/c1-11-6-7-16(17(19)9-11)15(5)18-10-12(2)8-13(3)14(18)4/h6-7,9,12-15,19H,8,10H2,1-5H3. The Kier molecular flexibility index (Phi) is 4.19. The van der Waals surface area contributed by atoms with Crippen molar-refractivity contribution in [2.45, 2.75) is 53.1 Å². The molecule has 106 valence electrons. The molecule has 4 unspecified atom stereocenters. The molecule has 0 saturated carbocycles. The van der Waals surface area contributed by atoms with Gasteiger partial charge in [-0.3, -0.25) is 4.90 Å². The summed E-state index contributed by atoms with van der Waals surface area (Å²) in [5.41, 5.74) is 2.17. The third-order valence-corrected chi connectivity index (χ3v) is 4.78. The smallest absolute Gasteiger partial charge is 0.120 e. The van der Waals surface area contributed by atoms with E-state index in [0.29, 0.717) is 11.8 Å². The van der Waals surface area contributed by atoms with E-state index >= 15 is 0 Å². The number of aromatic hydroxyl groups is 1. The van der Waals surface area contributed by atoms with Crippen molar-refractivity contribution in [3.63, 3.8) is 0 Å². The van der Waals surface area contributed by atoms with Crippen LogP contribution in [0.5, 0.6) is 5.75 Å². The average Bonchev–Trinajstić information content (AvgIpc) is 2.33. The highest BCUT2D eigenvalue weighted by Crippen LogP contribution is 2.36. The molecule has 2 rings (SSSR count). The monoisotopic (exact) mass is 261 g/mol. The fourth-order valence-electron chi connectivity index (χ4n) is 3.46. The largest absolute Gasteiger partial charge is 0.508 e. The van der Waals surface area contributed by atoms with Crippen molar-refractivity contribution in [2.24, 2.45) is 11.8 Å². The lowest BCUT2D eigenvalue weighted by molar-refractivity contribution is 0.0453. The second kappa shape index (κ2) is 5.54. The van der Waals surface area contributed by atoms with E-state index in [0.717, 1.165) is 29.5 Å². The third kappa shape index (κ3) is 2.94. The van der Waals surface area contributed by atoms with Gasteiger partial charge in [-0.25, -0.2) is 0 Å². The lowest BCUT2D eigenvalue weighted by Gasteiger charge is -2.44. The summed E-state index contributed by atoms with van der Waals surface area (Å²) in [7, 11) is 0. The van der Waals surface area contributed by atoms with Crippen molar-refractivity contribution in [3.05, 3.63) is 29.3 Å². The van der Waals surface area contributed by atoms with Gasteiger partial charge < -0.3 is 5.11 Å². The molecule has 1 aromatic rings. The Morgan fingerprint density at radius 2 is 1.95 bits per heavy atom. The molecule has 0 aromatic heterocycles. The van der Waals surface area contributed by atoms with Crippen LogP contribution in [0.1, 0.15) is 51.3 Å². The van der Waals surface area contributed by atoms with E-state index in [1.807, 2.05) is 13.0 Å². The highest BCUT2D eigenvalue weighted by molar-refractivity contribution is 5.38. The van der Waals surface area contributed by atoms with Crippen LogP contribution >= 0.6 is 0 Å². The molecule has 1 saturated heterocycles. The van der Waals surface area contributed by atoms with Gasteiger partial charge in [0.05, 0.1) is 0 Å². The van der Waals surface area contributed by atoms with Crippen molar-refractivity contribution in [1.82, 2.24) is 4.90 Å². The van der Waals surface area contributed by atoms with E-state index in [1.54, 1.807) is 0 Å². The van der Waals surface area contributed by atoms with E-state index in [4.69, 9.17) is 0 Å². The minimum absolute atomic E-state index is 0.279. The number of hydrogen-bond donors (Lipinski definition) is 1. The van der Waals surface area contributed by atoms with Crippen molar-refractivity contribution >= 4 is 0 Å². The molecule has 1 fully saturated rings. The van der Waals surface area contributed by atoms with Crippen LogP contribution < -0.4 is 0 Å². The topological polar surface area (TPSA) is 23.5 Å². The molecule has 0 spiro atoms. The summed E-state index contributed by atoms with van der Waals surface area (Å²) in [6, 6.07) is 6.89. The molecule has 1 aliphatic heterocycles. The number of likely N-dealkylation sites (tertiary alicyclic amines) is 1. The fourth-order valence-corrected chi connectivity index (χ4v) is 3.46. The van der Waals surface area contributed by atoms with Crippen molar-refractivity contribution < 1.29 is 5.11 Å². The Hall–Kier alpha value is -1.02. The molecule has 4 atom stereocenters. The number of phenolic OH excluding ortho intramolecular Hbond substituents is 1. The van der Waals surface area contributed by atoms with Gasteiger partial charge in [-0.15, -0.1) is 0 Å². The molecule has 0 bridgehead atoms. The summed E-state index contributed by atoms with van der Waals surface area (Å²) in [6.07, 6.45) is 1.31. The van der Waals surface area contributed by atoms with Gasteiger partial charge in [0.25, 0.3) is 0 Å². The predicted octanol–water partition coefficient (Wildman–Crippen LogP) is 4.13. The third-order valence-electron chi connectivity index (χ3n) is 4.78. The summed E-state index contributed by atoms with van der Waals surface area (Å²) in [6.45, 7) is 12.3. The number of benzene rings is 1. The molecular formula is C17H27NO. The van der Waals surface area contributed by atoms with Gasteiger partial charge in [0.2, 0.25) is 0 Å². The first-order valence-electron chi connectivity index (χ1n) is 7.45. The van der Waals surface area contributed by atoms with Gasteiger partial charge in [0.15, 0.2) is 0 Å². The van der Waals surface area contributed by atoms with E-state index in [9.17, 15) is 5.11 Å². The molecule has 1 aromatic carbocycles. The molecule has 2 heteroatoms. The van der Waals surface area contributed by atoms with Crippen LogP contribution in [-0.2, 0) is 0 Å².